The van der Waals surface area contributed by atoms with Gasteiger partial charge in [-0.25, -0.2) is 0 Å². The Morgan fingerprint density at radius 2 is 1.67 bits per heavy atom. The van der Waals surface area contributed by atoms with Crippen LogP contribution in [-0.4, -0.2) is 32.5 Å². The lowest BCUT2D eigenvalue weighted by atomic mass is 9.98. The van der Waals surface area contributed by atoms with E-state index in [0.29, 0.717) is 6.79 Å². The van der Waals surface area contributed by atoms with Crippen LogP contribution >= 0.6 is 0 Å². The smallest absolute Gasteiger partial charge is 0.231 e. The van der Waals surface area contributed by atoms with Crippen molar-refractivity contribution in [2.75, 3.05) is 27.6 Å². The van der Waals surface area contributed by atoms with Gasteiger partial charge in [0, 0.05) is 19.6 Å². The Morgan fingerprint density at radius 1 is 1.00 bits per heavy atom. The molecule has 0 spiro atoms. The third-order valence-corrected chi connectivity index (χ3v) is 4.70. The zero-order valence-electron chi connectivity index (χ0n) is 14.0. The predicted molar refractivity (Wildman–Crippen MR) is 89.9 cm³/mol. The number of hydrogen-bond donors (Lipinski definition) is 0. The number of ether oxygens (including phenoxy) is 4. The molecule has 5 heteroatoms. The van der Waals surface area contributed by atoms with Gasteiger partial charge in [0.15, 0.2) is 11.5 Å². The minimum absolute atomic E-state index is 0.320. The first kappa shape index (κ1) is 15.1. The summed E-state index contributed by atoms with van der Waals surface area (Å²) < 4.78 is 22.0. The first-order valence-corrected chi connectivity index (χ1v) is 8.12. The lowest BCUT2D eigenvalue weighted by Crippen LogP contribution is -2.30. The maximum atomic E-state index is 5.52. The van der Waals surface area contributed by atoms with Gasteiger partial charge in [-0.05, 0) is 41.8 Å². The van der Waals surface area contributed by atoms with E-state index in [4.69, 9.17) is 18.9 Å². The molecule has 2 aliphatic heterocycles. The predicted octanol–water partition coefficient (Wildman–Crippen LogP) is 2.99. The molecule has 0 amide bonds. The highest BCUT2D eigenvalue weighted by atomic mass is 16.7. The SMILES string of the molecule is COc1cccc(OC)c1CN1CCc2cc3c(cc2C1)OCO3. The molecule has 5 nitrogen and oxygen atoms in total. The monoisotopic (exact) mass is 327 g/mol. The Balaban J connectivity index is 1.58. The highest BCUT2D eigenvalue weighted by molar-refractivity contribution is 5.50. The summed E-state index contributed by atoms with van der Waals surface area (Å²) in [5, 5.41) is 0. The van der Waals surface area contributed by atoms with Crippen LogP contribution in [-0.2, 0) is 19.5 Å². The second-order valence-corrected chi connectivity index (χ2v) is 6.08. The van der Waals surface area contributed by atoms with Crippen molar-refractivity contribution in [2.24, 2.45) is 0 Å². The number of hydrogen-bond acceptors (Lipinski definition) is 5. The van der Waals surface area contributed by atoms with Crippen LogP contribution in [0.1, 0.15) is 16.7 Å². The fourth-order valence-corrected chi connectivity index (χ4v) is 3.45. The minimum Gasteiger partial charge on any atom is -0.496 e. The summed E-state index contributed by atoms with van der Waals surface area (Å²) in [6, 6.07) is 10.1. The standard InChI is InChI=1S/C19H21NO4/c1-21-16-4-3-5-17(22-2)15(16)11-20-7-6-13-8-18-19(24-12-23-18)9-14(13)10-20/h3-5,8-9H,6-7,10-12H2,1-2H3. The van der Waals surface area contributed by atoms with Gasteiger partial charge in [0.1, 0.15) is 11.5 Å². The van der Waals surface area contributed by atoms with E-state index in [9.17, 15) is 0 Å². The average Bonchev–Trinajstić information content (AvgIpc) is 3.07. The first-order valence-electron chi connectivity index (χ1n) is 8.12. The summed E-state index contributed by atoms with van der Waals surface area (Å²) in [5.74, 6) is 3.45. The van der Waals surface area contributed by atoms with Gasteiger partial charge in [-0.2, -0.15) is 0 Å². The van der Waals surface area contributed by atoms with Gasteiger partial charge in [0.2, 0.25) is 6.79 Å². The fourth-order valence-electron chi connectivity index (χ4n) is 3.45. The van der Waals surface area contributed by atoms with Crippen LogP contribution < -0.4 is 18.9 Å². The van der Waals surface area contributed by atoms with E-state index in [1.807, 2.05) is 18.2 Å². The van der Waals surface area contributed by atoms with Gasteiger partial charge in [-0.3, -0.25) is 4.90 Å². The van der Waals surface area contributed by atoms with E-state index in [2.05, 4.69) is 17.0 Å². The van der Waals surface area contributed by atoms with Gasteiger partial charge in [0.05, 0.1) is 19.8 Å². The molecule has 2 aliphatic rings. The zero-order chi connectivity index (χ0) is 16.5. The Hall–Kier alpha value is -2.40. The maximum Gasteiger partial charge on any atom is 0.231 e. The Kier molecular flexibility index (Phi) is 3.94. The molecular formula is C19H21NO4. The molecule has 2 aromatic rings. The van der Waals surface area contributed by atoms with E-state index in [0.717, 1.165) is 54.6 Å². The number of methoxy groups -OCH3 is 2. The minimum atomic E-state index is 0.320. The summed E-state index contributed by atoms with van der Waals surface area (Å²) >= 11 is 0. The van der Waals surface area contributed by atoms with Crippen LogP contribution in [0.15, 0.2) is 30.3 Å². The number of benzene rings is 2. The Morgan fingerprint density at radius 3 is 2.33 bits per heavy atom. The second-order valence-electron chi connectivity index (χ2n) is 6.08. The molecule has 24 heavy (non-hydrogen) atoms. The molecule has 0 bridgehead atoms. The topological polar surface area (TPSA) is 40.2 Å². The van der Waals surface area contributed by atoms with E-state index < -0.39 is 0 Å². The Labute approximate surface area is 141 Å². The molecule has 0 N–H and O–H groups in total. The zero-order valence-corrected chi connectivity index (χ0v) is 14.0. The van der Waals surface area contributed by atoms with Gasteiger partial charge in [-0.15, -0.1) is 0 Å². The van der Waals surface area contributed by atoms with Gasteiger partial charge in [0.25, 0.3) is 0 Å². The van der Waals surface area contributed by atoms with Gasteiger partial charge >= 0.3 is 0 Å². The molecule has 2 aromatic carbocycles. The third-order valence-electron chi connectivity index (χ3n) is 4.70. The maximum absolute atomic E-state index is 5.52. The van der Waals surface area contributed by atoms with Crippen LogP contribution in [0.25, 0.3) is 0 Å². The van der Waals surface area contributed by atoms with Crippen molar-refractivity contribution in [2.45, 2.75) is 19.5 Å². The quantitative estimate of drug-likeness (QED) is 0.863. The molecule has 0 fully saturated rings. The molecule has 4 rings (SSSR count). The van der Waals surface area contributed by atoms with Gasteiger partial charge in [-0.1, -0.05) is 6.07 Å². The molecule has 0 unspecified atom stereocenters. The number of fused-ring (bicyclic) bond motifs is 2. The Bertz CT molecular complexity index is 737. The molecule has 0 saturated heterocycles. The molecule has 0 radical (unpaired) electrons. The van der Waals surface area contributed by atoms with Crippen molar-refractivity contribution in [3.63, 3.8) is 0 Å². The van der Waals surface area contributed by atoms with Crippen LogP contribution in [0.3, 0.4) is 0 Å². The molecule has 2 heterocycles. The van der Waals surface area contributed by atoms with E-state index in [1.54, 1.807) is 14.2 Å². The molecular weight excluding hydrogens is 306 g/mol. The highest BCUT2D eigenvalue weighted by Gasteiger charge is 2.23. The van der Waals surface area contributed by atoms with Crippen molar-refractivity contribution in [3.8, 4) is 23.0 Å². The molecule has 0 saturated carbocycles. The summed E-state index contributed by atoms with van der Waals surface area (Å²) in [7, 11) is 3.40. The molecule has 0 aromatic heterocycles. The summed E-state index contributed by atoms with van der Waals surface area (Å²) in [6.45, 7) is 2.99. The van der Waals surface area contributed by atoms with Crippen LogP contribution in [0.4, 0.5) is 0 Å². The third kappa shape index (κ3) is 2.65. The van der Waals surface area contributed by atoms with Crippen molar-refractivity contribution < 1.29 is 18.9 Å². The normalized spacial score (nSPS) is 15.9. The highest BCUT2D eigenvalue weighted by Crippen LogP contribution is 2.37. The first-order chi connectivity index (χ1) is 11.8. The molecule has 126 valence electrons. The van der Waals surface area contributed by atoms with Gasteiger partial charge < -0.3 is 18.9 Å². The van der Waals surface area contributed by atoms with Crippen molar-refractivity contribution in [1.29, 1.82) is 0 Å². The summed E-state index contributed by atoms with van der Waals surface area (Å²) in [5.41, 5.74) is 3.74. The van der Waals surface area contributed by atoms with Crippen LogP contribution in [0.2, 0.25) is 0 Å². The van der Waals surface area contributed by atoms with Crippen LogP contribution in [0, 0.1) is 0 Å². The van der Waals surface area contributed by atoms with Crippen LogP contribution in [0.5, 0.6) is 23.0 Å². The van der Waals surface area contributed by atoms with Crippen molar-refractivity contribution >= 4 is 0 Å². The fraction of sp³-hybridized carbons (Fsp3) is 0.368. The molecule has 0 aliphatic carbocycles. The van der Waals surface area contributed by atoms with Crippen molar-refractivity contribution in [3.05, 3.63) is 47.0 Å². The average molecular weight is 327 g/mol. The molecule has 0 atom stereocenters. The lowest BCUT2D eigenvalue weighted by molar-refractivity contribution is 0.174. The summed E-state index contributed by atoms with van der Waals surface area (Å²) in [4.78, 5) is 2.41. The summed E-state index contributed by atoms with van der Waals surface area (Å²) in [6.07, 6.45) is 1.00. The van der Waals surface area contributed by atoms with E-state index >= 15 is 0 Å². The largest absolute Gasteiger partial charge is 0.496 e. The lowest BCUT2D eigenvalue weighted by Gasteiger charge is -2.29. The number of nitrogens with zero attached hydrogens (tertiary/aromatic N) is 1. The van der Waals surface area contributed by atoms with Crippen molar-refractivity contribution in [1.82, 2.24) is 4.90 Å². The number of rotatable bonds is 4. The second kappa shape index (κ2) is 6.24. The van der Waals surface area contributed by atoms with E-state index in [-0.39, 0.29) is 0 Å². The van der Waals surface area contributed by atoms with E-state index in [1.165, 1.54) is 11.1 Å².